The molecule has 4 rings (SSSR count). The summed E-state index contributed by atoms with van der Waals surface area (Å²) < 4.78 is 10.7. The summed E-state index contributed by atoms with van der Waals surface area (Å²) in [4.78, 5) is 16.2. The first-order valence-electron chi connectivity index (χ1n) is 9.16. The van der Waals surface area contributed by atoms with Crippen molar-refractivity contribution in [2.75, 3.05) is 43.2 Å². The van der Waals surface area contributed by atoms with Crippen LogP contribution in [0, 0.1) is 0 Å². The van der Waals surface area contributed by atoms with Gasteiger partial charge in [0.1, 0.15) is 0 Å². The van der Waals surface area contributed by atoms with Gasteiger partial charge in [-0.05, 0) is 31.2 Å². The van der Waals surface area contributed by atoms with Crippen molar-refractivity contribution in [1.82, 2.24) is 0 Å². The average molecular weight is 389 g/mol. The average Bonchev–Trinajstić information content (AvgIpc) is 3.16. The smallest absolute Gasteiger partial charge is 0.282 e. The zero-order valence-electron chi connectivity index (χ0n) is 15.2. The van der Waals surface area contributed by atoms with E-state index in [1.54, 1.807) is 6.07 Å². The van der Waals surface area contributed by atoms with Crippen LogP contribution in [0.15, 0.2) is 42.5 Å². The lowest BCUT2D eigenvalue weighted by molar-refractivity contribution is -0.914. The van der Waals surface area contributed by atoms with Gasteiger partial charge < -0.3 is 24.6 Å². The highest BCUT2D eigenvalue weighted by molar-refractivity contribution is 6.33. The molecule has 0 aromatic heterocycles. The molecule has 27 heavy (non-hydrogen) atoms. The Bertz CT molecular complexity index is 837. The van der Waals surface area contributed by atoms with Gasteiger partial charge in [0.2, 0.25) is 6.79 Å². The topological polar surface area (TPSA) is 55.2 Å². The number of fused-ring (bicyclic) bond motifs is 1. The van der Waals surface area contributed by atoms with Crippen molar-refractivity contribution in [2.24, 2.45) is 0 Å². The molecule has 2 N–H and O–H groups in total. The van der Waals surface area contributed by atoms with Crippen LogP contribution < -0.4 is 24.6 Å². The Kier molecular flexibility index (Phi) is 5.09. The summed E-state index contributed by atoms with van der Waals surface area (Å²) in [6.07, 6.45) is 0. The molecule has 0 spiro atoms. The van der Waals surface area contributed by atoms with E-state index in [0.717, 1.165) is 42.6 Å². The van der Waals surface area contributed by atoms with Gasteiger partial charge in [-0.3, -0.25) is 4.79 Å². The SMILES string of the molecule is C[C@@H](C(=O)Nc1ccc2c(c1)OCO2)[NH+]1CCN(c2ccccc2Cl)CC1. The molecule has 1 saturated heterocycles. The van der Waals surface area contributed by atoms with E-state index in [1.807, 2.05) is 43.3 Å². The monoisotopic (exact) mass is 388 g/mol. The van der Waals surface area contributed by atoms with E-state index in [4.69, 9.17) is 21.1 Å². The van der Waals surface area contributed by atoms with Gasteiger partial charge >= 0.3 is 0 Å². The molecule has 0 aliphatic carbocycles. The van der Waals surface area contributed by atoms with Crippen LogP contribution in [0.1, 0.15) is 6.92 Å². The van der Waals surface area contributed by atoms with Crippen LogP contribution in [0.3, 0.4) is 0 Å². The van der Waals surface area contributed by atoms with Crippen molar-refractivity contribution in [3.63, 3.8) is 0 Å². The quantitative estimate of drug-likeness (QED) is 0.838. The van der Waals surface area contributed by atoms with Crippen molar-refractivity contribution in [3.05, 3.63) is 47.5 Å². The number of benzene rings is 2. The molecule has 0 saturated carbocycles. The second kappa shape index (κ2) is 7.66. The Morgan fingerprint density at radius 1 is 1.15 bits per heavy atom. The zero-order valence-corrected chi connectivity index (χ0v) is 16.0. The van der Waals surface area contributed by atoms with Crippen LogP contribution in [0.5, 0.6) is 11.5 Å². The van der Waals surface area contributed by atoms with Gasteiger partial charge in [-0.25, -0.2) is 0 Å². The summed E-state index contributed by atoms with van der Waals surface area (Å²) >= 11 is 6.31. The van der Waals surface area contributed by atoms with Gasteiger partial charge in [-0.1, -0.05) is 23.7 Å². The maximum atomic E-state index is 12.7. The Morgan fingerprint density at radius 3 is 2.67 bits per heavy atom. The summed E-state index contributed by atoms with van der Waals surface area (Å²) in [6.45, 7) is 5.73. The first-order chi connectivity index (χ1) is 13.1. The molecule has 1 amide bonds. The lowest BCUT2D eigenvalue weighted by atomic mass is 10.2. The number of para-hydroxylation sites is 1. The minimum Gasteiger partial charge on any atom is -0.454 e. The third-order valence-corrected chi connectivity index (χ3v) is 5.56. The van der Waals surface area contributed by atoms with Gasteiger partial charge in [0.25, 0.3) is 5.91 Å². The maximum Gasteiger partial charge on any atom is 0.282 e. The molecule has 2 aromatic rings. The molecular formula is C20H23ClN3O3+. The number of carbonyl (C=O) groups is 1. The summed E-state index contributed by atoms with van der Waals surface area (Å²) in [6, 6.07) is 13.2. The van der Waals surface area contributed by atoms with Gasteiger partial charge in [0, 0.05) is 11.8 Å². The van der Waals surface area contributed by atoms with E-state index in [9.17, 15) is 4.79 Å². The lowest BCUT2D eigenvalue weighted by Crippen LogP contribution is -3.19. The highest BCUT2D eigenvalue weighted by atomic mass is 35.5. The first-order valence-corrected chi connectivity index (χ1v) is 9.54. The van der Waals surface area contributed by atoms with Crippen LogP contribution in [0.2, 0.25) is 5.02 Å². The fourth-order valence-electron chi connectivity index (χ4n) is 3.59. The number of quaternary nitrogens is 1. The minimum absolute atomic E-state index is 0.00931. The first kappa shape index (κ1) is 17.9. The van der Waals surface area contributed by atoms with E-state index in [2.05, 4.69) is 10.2 Å². The Balaban J connectivity index is 1.34. The second-order valence-corrected chi connectivity index (χ2v) is 7.28. The van der Waals surface area contributed by atoms with Gasteiger partial charge in [0.15, 0.2) is 17.5 Å². The van der Waals surface area contributed by atoms with Crippen molar-refractivity contribution < 1.29 is 19.2 Å². The fourth-order valence-corrected chi connectivity index (χ4v) is 3.84. The van der Waals surface area contributed by atoms with Crippen LogP contribution >= 0.6 is 11.6 Å². The summed E-state index contributed by atoms with van der Waals surface area (Å²) in [5, 5.41) is 3.76. The standard InChI is InChI=1S/C20H22ClN3O3/c1-14(20(25)22-15-6-7-18-19(12-15)27-13-26-18)23-8-10-24(11-9-23)17-5-3-2-4-16(17)21/h2-7,12,14H,8-11,13H2,1H3,(H,22,25)/p+1/t14-/m0/s1. The summed E-state index contributed by atoms with van der Waals surface area (Å²) in [5.74, 6) is 1.39. The van der Waals surface area contributed by atoms with Crippen molar-refractivity contribution >= 4 is 28.9 Å². The van der Waals surface area contributed by atoms with Crippen LogP contribution in [-0.2, 0) is 4.79 Å². The van der Waals surface area contributed by atoms with Gasteiger partial charge in [-0.2, -0.15) is 0 Å². The number of amides is 1. The van der Waals surface area contributed by atoms with Gasteiger partial charge in [-0.15, -0.1) is 0 Å². The van der Waals surface area contributed by atoms with E-state index < -0.39 is 0 Å². The van der Waals surface area contributed by atoms with E-state index in [-0.39, 0.29) is 18.7 Å². The normalized spacial score (nSPS) is 17.6. The molecule has 7 heteroatoms. The number of carbonyl (C=O) groups excluding carboxylic acids is 1. The molecule has 0 bridgehead atoms. The number of nitrogens with zero attached hydrogens (tertiary/aromatic N) is 1. The summed E-state index contributed by atoms with van der Waals surface area (Å²) in [5.41, 5.74) is 1.79. The summed E-state index contributed by atoms with van der Waals surface area (Å²) in [7, 11) is 0. The molecule has 2 aliphatic rings. The van der Waals surface area contributed by atoms with Crippen LogP contribution in [0.4, 0.5) is 11.4 Å². The number of hydrogen-bond acceptors (Lipinski definition) is 4. The number of ether oxygens (including phenoxy) is 2. The molecule has 2 aromatic carbocycles. The van der Waals surface area contributed by atoms with Crippen molar-refractivity contribution in [2.45, 2.75) is 13.0 Å². The minimum atomic E-state index is -0.135. The zero-order chi connectivity index (χ0) is 18.8. The molecule has 6 nitrogen and oxygen atoms in total. The molecule has 0 radical (unpaired) electrons. The number of piperazine rings is 1. The highest BCUT2D eigenvalue weighted by Gasteiger charge is 2.30. The van der Waals surface area contributed by atoms with Crippen molar-refractivity contribution in [3.8, 4) is 11.5 Å². The third kappa shape index (κ3) is 3.82. The van der Waals surface area contributed by atoms with E-state index in [0.29, 0.717) is 11.5 Å². The predicted octanol–water partition coefficient (Wildman–Crippen LogP) is 1.80. The third-order valence-electron chi connectivity index (χ3n) is 5.24. The number of rotatable bonds is 4. The number of nitrogens with one attached hydrogen (secondary N) is 2. The van der Waals surface area contributed by atoms with Crippen LogP contribution in [-0.4, -0.2) is 44.9 Å². The fraction of sp³-hybridized carbons (Fsp3) is 0.350. The second-order valence-electron chi connectivity index (χ2n) is 6.88. The molecule has 142 valence electrons. The number of anilines is 2. The Hall–Kier alpha value is -2.44. The van der Waals surface area contributed by atoms with E-state index >= 15 is 0 Å². The molecule has 0 unspecified atom stereocenters. The molecule has 2 aliphatic heterocycles. The maximum absolute atomic E-state index is 12.7. The Morgan fingerprint density at radius 2 is 1.89 bits per heavy atom. The highest BCUT2D eigenvalue weighted by Crippen LogP contribution is 2.34. The number of hydrogen-bond donors (Lipinski definition) is 2. The molecule has 1 fully saturated rings. The van der Waals surface area contributed by atoms with E-state index in [1.165, 1.54) is 4.90 Å². The van der Waals surface area contributed by atoms with Crippen LogP contribution in [0.25, 0.3) is 0 Å². The molecule has 2 heterocycles. The lowest BCUT2D eigenvalue weighted by Gasteiger charge is -2.36. The molecule has 1 atom stereocenters. The van der Waals surface area contributed by atoms with Crippen molar-refractivity contribution in [1.29, 1.82) is 0 Å². The Labute approximate surface area is 163 Å². The van der Waals surface area contributed by atoms with Gasteiger partial charge in [0.05, 0.1) is 36.9 Å². The predicted molar refractivity (Wildman–Crippen MR) is 105 cm³/mol. The number of halogens is 1. The largest absolute Gasteiger partial charge is 0.454 e. The molecular weight excluding hydrogens is 366 g/mol.